The van der Waals surface area contributed by atoms with Gasteiger partial charge in [-0.1, -0.05) is 31.9 Å². The lowest BCUT2D eigenvalue weighted by atomic mass is 10.8. The average molecular weight is 262 g/mol. The molecule has 0 aromatic carbocycles. The van der Waals surface area contributed by atoms with Crippen LogP contribution in [0.25, 0.3) is 0 Å². The van der Waals surface area contributed by atoms with Crippen molar-refractivity contribution in [3.63, 3.8) is 0 Å². The number of halogens is 2. The molecule has 0 aromatic rings. The standard InChI is InChI=1S/C2H4BrNO.C2H6BrN/c3-1-2(4)5;3-1-2-4/h1H2,(H2,4,5);1-2,4H2. The topological polar surface area (TPSA) is 69.1 Å². The van der Waals surface area contributed by atoms with Crippen molar-refractivity contribution < 1.29 is 4.79 Å². The summed E-state index contributed by atoms with van der Waals surface area (Å²) in [5, 5.41) is 1.17. The van der Waals surface area contributed by atoms with Gasteiger partial charge in [-0.25, -0.2) is 0 Å². The number of nitrogens with two attached hydrogens (primary N) is 2. The van der Waals surface area contributed by atoms with E-state index in [0.29, 0.717) is 0 Å². The van der Waals surface area contributed by atoms with Crippen LogP contribution in [0.4, 0.5) is 0 Å². The second-order valence-corrected chi connectivity index (χ2v) is 2.43. The highest BCUT2D eigenvalue weighted by atomic mass is 79.9. The van der Waals surface area contributed by atoms with Crippen LogP contribution in [-0.2, 0) is 4.79 Å². The van der Waals surface area contributed by atoms with Gasteiger partial charge >= 0.3 is 0 Å². The van der Waals surface area contributed by atoms with Crippen LogP contribution in [0.3, 0.4) is 0 Å². The van der Waals surface area contributed by atoms with Crippen LogP contribution in [0, 0.1) is 0 Å². The molecule has 0 saturated heterocycles. The first-order valence-corrected chi connectivity index (χ1v) is 4.53. The minimum Gasteiger partial charge on any atom is -0.369 e. The largest absolute Gasteiger partial charge is 0.369 e. The van der Waals surface area contributed by atoms with Crippen LogP contribution in [0.15, 0.2) is 0 Å². The van der Waals surface area contributed by atoms with Crippen molar-refractivity contribution in [2.75, 3.05) is 17.2 Å². The Bertz CT molecular complexity index is 67.6. The lowest BCUT2D eigenvalue weighted by Gasteiger charge is -1.71. The molecule has 0 aliphatic rings. The molecule has 0 heterocycles. The van der Waals surface area contributed by atoms with Crippen LogP contribution < -0.4 is 11.5 Å². The maximum atomic E-state index is 9.54. The summed E-state index contributed by atoms with van der Waals surface area (Å²) in [5.74, 6) is -0.329. The van der Waals surface area contributed by atoms with Gasteiger partial charge in [0.1, 0.15) is 0 Å². The van der Waals surface area contributed by atoms with Gasteiger partial charge in [0, 0.05) is 11.9 Å². The minimum atomic E-state index is -0.329. The second kappa shape index (κ2) is 11.2. The molecule has 5 heteroatoms. The highest BCUT2D eigenvalue weighted by Crippen LogP contribution is 1.71. The van der Waals surface area contributed by atoms with E-state index < -0.39 is 0 Å². The molecule has 0 rings (SSSR count). The molecule has 0 bridgehead atoms. The fourth-order valence-electron chi connectivity index (χ4n) is 0. The van der Waals surface area contributed by atoms with Gasteiger partial charge in [-0.05, 0) is 0 Å². The first-order valence-electron chi connectivity index (χ1n) is 2.29. The van der Waals surface area contributed by atoms with Crippen LogP contribution in [0.2, 0.25) is 0 Å². The molecule has 1 amide bonds. The first-order chi connectivity index (χ1) is 4.18. The lowest BCUT2D eigenvalue weighted by molar-refractivity contribution is -0.115. The third-order valence-corrected chi connectivity index (χ3v) is 1.25. The van der Waals surface area contributed by atoms with Crippen molar-refractivity contribution in [1.29, 1.82) is 0 Å². The summed E-state index contributed by atoms with van der Waals surface area (Å²) < 4.78 is 0. The number of carbonyl (C=O) groups is 1. The molecule has 0 spiro atoms. The number of hydrogen-bond donors (Lipinski definition) is 2. The van der Waals surface area contributed by atoms with E-state index in [1.54, 1.807) is 0 Å². The van der Waals surface area contributed by atoms with Gasteiger partial charge in [-0.15, -0.1) is 0 Å². The molecule has 0 aromatic heterocycles. The summed E-state index contributed by atoms with van der Waals surface area (Å²) in [4.78, 5) is 9.54. The highest BCUT2D eigenvalue weighted by molar-refractivity contribution is 9.09. The Balaban J connectivity index is 0. The molecule has 9 heavy (non-hydrogen) atoms. The molecule has 0 radical (unpaired) electrons. The number of hydrogen-bond acceptors (Lipinski definition) is 2. The normalized spacial score (nSPS) is 7.44. The predicted molar refractivity (Wildman–Crippen MR) is 45.8 cm³/mol. The smallest absolute Gasteiger partial charge is 0.228 e. The van der Waals surface area contributed by atoms with E-state index in [4.69, 9.17) is 5.73 Å². The molecule has 0 atom stereocenters. The zero-order valence-corrected chi connectivity index (χ0v) is 8.11. The van der Waals surface area contributed by atoms with Gasteiger partial charge in [-0.3, -0.25) is 4.79 Å². The molecule has 4 N–H and O–H groups in total. The van der Waals surface area contributed by atoms with Gasteiger partial charge in [0.25, 0.3) is 0 Å². The summed E-state index contributed by atoms with van der Waals surface area (Å²) in [6.07, 6.45) is 0. The van der Waals surface area contributed by atoms with Crippen molar-refractivity contribution >= 4 is 37.8 Å². The molecular weight excluding hydrogens is 252 g/mol. The molecular formula is C4H10Br2N2O. The molecule has 0 fully saturated rings. The van der Waals surface area contributed by atoms with Crippen LogP contribution >= 0.6 is 31.9 Å². The summed E-state index contributed by atoms with van der Waals surface area (Å²) in [6.45, 7) is 0.736. The fourth-order valence-corrected chi connectivity index (χ4v) is 0. The molecule has 3 nitrogen and oxygen atoms in total. The van der Waals surface area contributed by atoms with Gasteiger partial charge in [0.15, 0.2) is 0 Å². The Labute approximate surface area is 71.4 Å². The van der Waals surface area contributed by atoms with E-state index in [-0.39, 0.29) is 11.2 Å². The van der Waals surface area contributed by atoms with Crippen molar-refractivity contribution in [3.8, 4) is 0 Å². The lowest BCUT2D eigenvalue weighted by Crippen LogP contribution is -2.10. The van der Waals surface area contributed by atoms with E-state index in [1.165, 1.54) is 0 Å². The summed E-state index contributed by atoms with van der Waals surface area (Å²) in [6, 6.07) is 0. The van der Waals surface area contributed by atoms with Crippen molar-refractivity contribution in [1.82, 2.24) is 0 Å². The van der Waals surface area contributed by atoms with Gasteiger partial charge in [0.2, 0.25) is 5.91 Å². The Morgan fingerprint density at radius 1 is 1.44 bits per heavy atom. The maximum absolute atomic E-state index is 9.54. The van der Waals surface area contributed by atoms with Crippen LogP contribution in [-0.4, -0.2) is 23.1 Å². The monoisotopic (exact) mass is 260 g/mol. The van der Waals surface area contributed by atoms with E-state index in [2.05, 4.69) is 37.6 Å². The third-order valence-electron chi connectivity index (χ3n) is 0.241. The molecule has 0 saturated carbocycles. The Hall–Kier alpha value is 0.390. The summed E-state index contributed by atoms with van der Waals surface area (Å²) in [7, 11) is 0. The predicted octanol–water partition coefficient (Wildman–Crippen LogP) is 0.207. The van der Waals surface area contributed by atoms with Gasteiger partial charge in [-0.2, -0.15) is 0 Å². The molecule has 0 aliphatic heterocycles. The van der Waals surface area contributed by atoms with Crippen molar-refractivity contribution in [2.45, 2.75) is 0 Å². The number of amides is 1. The fraction of sp³-hybridized carbons (Fsp3) is 0.750. The number of carbonyl (C=O) groups excluding carboxylic acids is 1. The first kappa shape index (κ1) is 12.1. The second-order valence-electron chi connectivity index (χ2n) is 1.08. The summed E-state index contributed by atoms with van der Waals surface area (Å²) in [5.41, 5.74) is 9.59. The minimum absolute atomic E-state index is 0.257. The highest BCUT2D eigenvalue weighted by Gasteiger charge is 1.79. The number of alkyl halides is 2. The zero-order valence-electron chi connectivity index (χ0n) is 4.94. The van der Waals surface area contributed by atoms with E-state index in [0.717, 1.165) is 11.9 Å². The van der Waals surface area contributed by atoms with Crippen molar-refractivity contribution in [2.24, 2.45) is 11.5 Å². The number of rotatable bonds is 2. The molecule has 0 aliphatic carbocycles. The Kier molecular flexibility index (Phi) is 15.1. The quantitative estimate of drug-likeness (QED) is 0.698. The van der Waals surface area contributed by atoms with Gasteiger partial charge in [0.05, 0.1) is 5.33 Å². The van der Waals surface area contributed by atoms with Gasteiger partial charge < -0.3 is 11.5 Å². The van der Waals surface area contributed by atoms with Crippen LogP contribution in [0.5, 0.6) is 0 Å². The average Bonchev–Trinajstić information content (AvgIpc) is 1.89. The Morgan fingerprint density at radius 3 is 1.67 bits per heavy atom. The van der Waals surface area contributed by atoms with E-state index >= 15 is 0 Å². The summed E-state index contributed by atoms with van der Waals surface area (Å²) >= 11 is 5.96. The Morgan fingerprint density at radius 2 is 1.67 bits per heavy atom. The van der Waals surface area contributed by atoms with E-state index in [1.807, 2.05) is 0 Å². The maximum Gasteiger partial charge on any atom is 0.228 e. The SMILES string of the molecule is NC(=O)CBr.NCCBr. The molecule has 0 unspecified atom stereocenters. The van der Waals surface area contributed by atoms with Crippen LogP contribution in [0.1, 0.15) is 0 Å². The third kappa shape index (κ3) is 29.8. The molecule has 56 valence electrons. The zero-order chi connectivity index (χ0) is 7.70. The van der Waals surface area contributed by atoms with Crippen molar-refractivity contribution in [3.05, 3.63) is 0 Å². The van der Waals surface area contributed by atoms with E-state index in [9.17, 15) is 4.79 Å². The number of primary amides is 1.